The van der Waals surface area contributed by atoms with Crippen LogP contribution in [0.15, 0.2) is 18.3 Å². The Morgan fingerprint density at radius 2 is 1.71 bits per heavy atom. The fraction of sp³-hybridized carbons (Fsp3) is 0.696. The van der Waals surface area contributed by atoms with Gasteiger partial charge in [0.15, 0.2) is 0 Å². The molecule has 0 fully saturated rings. The highest BCUT2D eigenvalue weighted by molar-refractivity contribution is 5.86. The van der Waals surface area contributed by atoms with E-state index >= 15 is 0 Å². The molecule has 0 saturated heterocycles. The van der Waals surface area contributed by atoms with Gasteiger partial charge < -0.3 is 23.8 Å². The molecule has 0 bridgehead atoms. The number of esters is 1. The van der Waals surface area contributed by atoms with Crippen LogP contribution in [0.2, 0.25) is 0 Å². The molecule has 8 heteroatoms. The maximum atomic E-state index is 13.1. The van der Waals surface area contributed by atoms with E-state index in [-0.39, 0.29) is 37.8 Å². The molecular formula is C23H39N3O5. The number of hydrogen-bond donors (Lipinski definition) is 0. The van der Waals surface area contributed by atoms with E-state index < -0.39 is 5.97 Å². The second kappa shape index (κ2) is 15.5. The second-order valence-corrected chi connectivity index (χ2v) is 7.45. The molecule has 1 heterocycles. The van der Waals surface area contributed by atoms with Crippen LogP contribution in [0.1, 0.15) is 58.6 Å². The predicted molar refractivity (Wildman–Crippen MR) is 119 cm³/mol. The van der Waals surface area contributed by atoms with Crippen molar-refractivity contribution in [2.24, 2.45) is 7.05 Å². The summed E-state index contributed by atoms with van der Waals surface area (Å²) in [6, 6.07) is 3.95. The number of aryl methyl sites for hydroxylation is 1. The van der Waals surface area contributed by atoms with Gasteiger partial charge in [0.1, 0.15) is 0 Å². The summed E-state index contributed by atoms with van der Waals surface area (Å²) < 4.78 is 12.3. The van der Waals surface area contributed by atoms with E-state index in [1.807, 2.05) is 41.8 Å². The first-order valence-electron chi connectivity index (χ1n) is 11.3. The Morgan fingerprint density at radius 3 is 2.32 bits per heavy atom. The fourth-order valence-electron chi connectivity index (χ4n) is 3.15. The molecule has 0 saturated carbocycles. The molecule has 8 nitrogen and oxygen atoms in total. The second-order valence-electron chi connectivity index (χ2n) is 7.45. The van der Waals surface area contributed by atoms with Crippen LogP contribution in [0.3, 0.4) is 0 Å². The summed E-state index contributed by atoms with van der Waals surface area (Å²) >= 11 is 0. The van der Waals surface area contributed by atoms with Crippen LogP contribution in [-0.4, -0.2) is 71.6 Å². The Hall–Kier alpha value is -2.35. The van der Waals surface area contributed by atoms with Crippen molar-refractivity contribution in [1.82, 2.24) is 14.4 Å². The molecule has 176 valence electrons. The maximum Gasteiger partial charge on any atom is 0.306 e. The first-order valence-corrected chi connectivity index (χ1v) is 11.3. The molecule has 2 amide bonds. The van der Waals surface area contributed by atoms with Crippen molar-refractivity contribution >= 4 is 17.8 Å². The minimum absolute atomic E-state index is 0.00191. The molecule has 0 atom stereocenters. The van der Waals surface area contributed by atoms with E-state index in [1.54, 1.807) is 11.8 Å². The van der Waals surface area contributed by atoms with Gasteiger partial charge in [0.25, 0.3) is 0 Å². The number of carbonyl (C=O) groups excluding carboxylic acids is 3. The van der Waals surface area contributed by atoms with Gasteiger partial charge in [-0.1, -0.05) is 13.3 Å². The Labute approximate surface area is 186 Å². The highest BCUT2D eigenvalue weighted by atomic mass is 16.5. The smallest absolute Gasteiger partial charge is 0.306 e. The Balaban J connectivity index is 2.80. The Kier molecular flexibility index (Phi) is 13.3. The van der Waals surface area contributed by atoms with E-state index in [2.05, 4.69) is 6.92 Å². The number of ether oxygens (including phenoxy) is 2. The monoisotopic (exact) mass is 437 g/mol. The molecule has 0 aliphatic rings. The normalized spacial score (nSPS) is 10.7. The summed E-state index contributed by atoms with van der Waals surface area (Å²) in [6.07, 6.45) is 4.53. The third-order valence-corrected chi connectivity index (χ3v) is 4.99. The van der Waals surface area contributed by atoms with Crippen LogP contribution in [0.25, 0.3) is 0 Å². The van der Waals surface area contributed by atoms with Gasteiger partial charge in [0, 0.05) is 51.7 Å². The quantitative estimate of drug-likeness (QED) is 0.293. The number of carbonyl (C=O) groups is 3. The highest BCUT2D eigenvalue weighted by Crippen LogP contribution is 2.09. The summed E-state index contributed by atoms with van der Waals surface area (Å²) in [6.45, 7) is 8.72. The fourth-order valence-corrected chi connectivity index (χ4v) is 3.15. The van der Waals surface area contributed by atoms with Crippen LogP contribution in [0.5, 0.6) is 0 Å². The SMILES string of the molecule is CCCCN(Cc1cccn1C)C(=O)CN(CCCOCC)C(=O)CCC(=O)OCC. The predicted octanol–water partition coefficient (Wildman–Crippen LogP) is 2.75. The number of rotatable bonds is 16. The third-order valence-electron chi connectivity index (χ3n) is 4.99. The van der Waals surface area contributed by atoms with Crippen molar-refractivity contribution in [2.75, 3.05) is 39.5 Å². The van der Waals surface area contributed by atoms with Gasteiger partial charge in [-0.2, -0.15) is 0 Å². The standard InChI is InChI=1S/C23H39N3O5/c1-5-8-15-25(18-20-11-9-14-24(20)4)22(28)19-26(16-10-17-30-6-2)21(27)12-13-23(29)31-7-3/h9,11,14H,5-8,10,12-13,15-19H2,1-4H3. The first kappa shape index (κ1) is 26.7. The zero-order valence-electron chi connectivity index (χ0n) is 19.6. The number of hydrogen-bond acceptors (Lipinski definition) is 5. The lowest BCUT2D eigenvalue weighted by molar-refractivity contribution is -0.146. The molecule has 1 rings (SSSR count). The molecule has 0 unspecified atom stereocenters. The highest BCUT2D eigenvalue weighted by Gasteiger charge is 2.22. The van der Waals surface area contributed by atoms with Gasteiger partial charge in [0.05, 0.1) is 26.1 Å². The topological polar surface area (TPSA) is 81.1 Å². The van der Waals surface area contributed by atoms with Crippen molar-refractivity contribution in [1.29, 1.82) is 0 Å². The number of amides is 2. The molecule has 0 spiro atoms. The zero-order valence-corrected chi connectivity index (χ0v) is 19.6. The van der Waals surface area contributed by atoms with Gasteiger partial charge in [-0.25, -0.2) is 0 Å². The lowest BCUT2D eigenvalue weighted by Crippen LogP contribution is -2.44. The van der Waals surface area contributed by atoms with E-state index in [4.69, 9.17) is 9.47 Å². The lowest BCUT2D eigenvalue weighted by Gasteiger charge is -2.28. The zero-order chi connectivity index (χ0) is 23.1. The third kappa shape index (κ3) is 10.5. The van der Waals surface area contributed by atoms with Crippen molar-refractivity contribution in [2.45, 2.75) is 59.4 Å². The van der Waals surface area contributed by atoms with Crippen molar-refractivity contribution in [3.63, 3.8) is 0 Å². The molecule has 0 aliphatic carbocycles. The average Bonchev–Trinajstić information content (AvgIpc) is 3.15. The van der Waals surface area contributed by atoms with Crippen molar-refractivity contribution in [3.05, 3.63) is 24.0 Å². The summed E-state index contributed by atoms with van der Waals surface area (Å²) in [5.41, 5.74) is 1.04. The Morgan fingerprint density at radius 1 is 0.968 bits per heavy atom. The minimum atomic E-state index is -0.398. The lowest BCUT2D eigenvalue weighted by atomic mass is 10.2. The maximum absolute atomic E-state index is 13.1. The molecule has 31 heavy (non-hydrogen) atoms. The minimum Gasteiger partial charge on any atom is -0.466 e. The van der Waals surface area contributed by atoms with Crippen LogP contribution < -0.4 is 0 Å². The largest absolute Gasteiger partial charge is 0.466 e. The molecule has 0 radical (unpaired) electrons. The molecule has 0 aliphatic heterocycles. The van der Waals surface area contributed by atoms with Gasteiger partial charge >= 0.3 is 5.97 Å². The summed E-state index contributed by atoms with van der Waals surface area (Å²) in [4.78, 5) is 40.9. The Bertz CT molecular complexity index is 674. The van der Waals surface area contributed by atoms with Crippen molar-refractivity contribution < 1.29 is 23.9 Å². The summed E-state index contributed by atoms with van der Waals surface area (Å²) in [5, 5.41) is 0. The molecule has 0 N–H and O–H groups in total. The summed E-state index contributed by atoms with van der Waals surface area (Å²) in [7, 11) is 1.96. The summed E-state index contributed by atoms with van der Waals surface area (Å²) in [5.74, 6) is -0.701. The molecular weight excluding hydrogens is 398 g/mol. The molecule has 1 aromatic heterocycles. The van der Waals surface area contributed by atoms with Crippen LogP contribution in [0, 0.1) is 0 Å². The van der Waals surface area contributed by atoms with E-state index in [0.29, 0.717) is 39.3 Å². The number of unbranched alkanes of at least 4 members (excludes halogenated alkanes) is 1. The van der Waals surface area contributed by atoms with Gasteiger partial charge in [0.2, 0.25) is 11.8 Å². The number of aromatic nitrogens is 1. The van der Waals surface area contributed by atoms with Gasteiger partial charge in [-0.15, -0.1) is 0 Å². The van der Waals surface area contributed by atoms with E-state index in [9.17, 15) is 14.4 Å². The van der Waals surface area contributed by atoms with Crippen LogP contribution >= 0.6 is 0 Å². The first-order chi connectivity index (χ1) is 14.9. The van der Waals surface area contributed by atoms with E-state index in [0.717, 1.165) is 18.5 Å². The number of nitrogens with zero attached hydrogens (tertiary/aromatic N) is 3. The van der Waals surface area contributed by atoms with Gasteiger partial charge in [-0.3, -0.25) is 14.4 Å². The van der Waals surface area contributed by atoms with Crippen LogP contribution in [-0.2, 0) is 37.4 Å². The van der Waals surface area contributed by atoms with E-state index in [1.165, 1.54) is 0 Å². The average molecular weight is 438 g/mol. The van der Waals surface area contributed by atoms with Crippen molar-refractivity contribution in [3.8, 4) is 0 Å². The molecule has 0 aromatic carbocycles. The van der Waals surface area contributed by atoms with Crippen LogP contribution in [0.4, 0.5) is 0 Å². The molecule has 1 aromatic rings. The van der Waals surface area contributed by atoms with Gasteiger partial charge in [-0.05, 0) is 38.8 Å².